The number of hydrogen-bond acceptors (Lipinski definition) is 3. The summed E-state index contributed by atoms with van der Waals surface area (Å²) in [7, 11) is 0. The second-order valence-corrected chi connectivity index (χ2v) is 7.26. The van der Waals surface area contributed by atoms with Gasteiger partial charge in [-0.15, -0.1) is 0 Å². The minimum atomic E-state index is -0.273. The summed E-state index contributed by atoms with van der Waals surface area (Å²) in [5, 5.41) is 3.13. The van der Waals surface area contributed by atoms with E-state index in [1.807, 2.05) is 49.4 Å². The summed E-state index contributed by atoms with van der Waals surface area (Å²) in [4.78, 5) is 12.8. The Hall–Kier alpha value is -3.34. The lowest BCUT2D eigenvalue weighted by atomic mass is 9.98. The normalized spacial score (nSPS) is 13.2. The molecule has 0 aromatic heterocycles. The fourth-order valence-corrected chi connectivity index (χ4v) is 3.41. The summed E-state index contributed by atoms with van der Waals surface area (Å²) < 4.78 is 24.1. The van der Waals surface area contributed by atoms with Crippen LogP contribution in [0.2, 0.25) is 0 Å². The molecule has 148 valence electrons. The molecule has 0 saturated carbocycles. The molecule has 1 unspecified atom stereocenters. The summed E-state index contributed by atoms with van der Waals surface area (Å²) in [5.41, 5.74) is 3.71. The maximum absolute atomic E-state index is 13.3. The second kappa shape index (κ2) is 8.35. The molecule has 29 heavy (non-hydrogen) atoms. The summed E-state index contributed by atoms with van der Waals surface area (Å²) in [6.45, 7) is 2.21. The van der Waals surface area contributed by atoms with Crippen LogP contribution in [0.5, 0.6) is 11.5 Å². The average Bonchev–Trinajstić information content (AvgIpc) is 3.18. The molecular weight excluding hydrogens is 369 g/mol. The molecule has 0 bridgehead atoms. The molecule has 0 radical (unpaired) electrons. The highest BCUT2D eigenvalue weighted by atomic mass is 19.1. The Morgan fingerprint density at radius 1 is 0.931 bits per heavy atom. The van der Waals surface area contributed by atoms with Gasteiger partial charge in [0.2, 0.25) is 6.79 Å². The van der Waals surface area contributed by atoms with Crippen LogP contribution in [0.4, 0.5) is 4.39 Å². The van der Waals surface area contributed by atoms with Crippen molar-refractivity contribution in [2.24, 2.45) is 0 Å². The maximum Gasteiger partial charge on any atom is 0.251 e. The van der Waals surface area contributed by atoms with E-state index in [2.05, 4.69) is 5.32 Å². The minimum Gasteiger partial charge on any atom is -0.454 e. The Balaban J connectivity index is 1.53. The number of carbonyl (C=O) groups excluding carboxylic acids is 1. The van der Waals surface area contributed by atoms with Crippen molar-refractivity contribution in [3.63, 3.8) is 0 Å². The molecule has 0 spiro atoms. The van der Waals surface area contributed by atoms with Gasteiger partial charge in [0.25, 0.3) is 5.91 Å². The summed E-state index contributed by atoms with van der Waals surface area (Å²) in [5.74, 6) is 1.04. The number of benzene rings is 3. The molecule has 0 saturated heterocycles. The largest absolute Gasteiger partial charge is 0.454 e. The lowest BCUT2D eigenvalue weighted by Crippen LogP contribution is -2.38. The summed E-state index contributed by atoms with van der Waals surface area (Å²) in [6.07, 6.45) is 1.21. The Bertz CT molecular complexity index is 1000. The smallest absolute Gasteiger partial charge is 0.251 e. The molecule has 0 aliphatic carbocycles. The molecule has 1 N–H and O–H groups in total. The van der Waals surface area contributed by atoms with E-state index in [1.54, 1.807) is 12.1 Å². The van der Waals surface area contributed by atoms with Gasteiger partial charge in [-0.2, -0.15) is 0 Å². The van der Waals surface area contributed by atoms with Crippen LogP contribution < -0.4 is 14.8 Å². The summed E-state index contributed by atoms with van der Waals surface area (Å²) in [6, 6.07) is 19.5. The summed E-state index contributed by atoms with van der Waals surface area (Å²) >= 11 is 0. The quantitative estimate of drug-likeness (QED) is 0.676. The SMILES string of the molecule is Cc1ccc(C(=O)NC(Cc2ccc(F)cc2)Cc2ccc3c(c2)OCO3)cc1. The van der Waals surface area contributed by atoms with Crippen molar-refractivity contribution in [3.8, 4) is 11.5 Å². The van der Waals surface area contributed by atoms with Crippen LogP contribution in [0.1, 0.15) is 27.0 Å². The van der Waals surface area contributed by atoms with Crippen molar-refractivity contribution in [1.82, 2.24) is 5.32 Å². The predicted molar refractivity (Wildman–Crippen MR) is 109 cm³/mol. The maximum atomic E-state index is 13.3. The Kier molecular flexibility index (Phi) is 5.47. The fourth-order valence-electron chi connectivity index (χ4n) is 3.41. The molecule has 0 fully saturated rings. The zero-order valence-electron chi connectivity index (χ0n) is 16.2. The first kappa shape index (κ1) is 19.0. The molecule has 1 aliphatic rings. The molecule has 4 rings (SSSR count). The van der Waals surface area contributed by atoms with Crippen LogP contribution >= 0.6 is 0 Å². The van der Waals surface area contributed by atoms with Gasteiger partial charge in [0, 0.05) is 11.6 Å². The number of rotatable bonds is 6. The molecule has 1 amide bonds. The van der Waals surface area contributed by atoms with Crippen LogP contribution in [0.25, 0.3) is 0 Å². The van der Waals surface area contributed by atoms with Crippen molar-refractivity contribution >= 4 is 5.91 Å². The van der Waals surface area contributed by atoms with E-state index < -0.39 is 0 Å². The van der Waals surface area contributed by atoms with Gasteiger partial charge in [-0.3, -0.25) is 4.79 Å². The predicted octanol–water partition coefficient (Wildman–Crippen LogP) is 4.45. The van der Waals surface area contributed by atoms with Gasteiger partial charge in [-0.25, -0.2) is 4.39 Å². The van der Waals surface area contributed by atoms with Gasteiger partial charge in [0.05, 0.1) is 0 Å². The first-order chi connectivity index (χ1) is 14.1. The molecule has 3 aromatic rings. The van der Waals surface area contributed by atoms with Crippen molar-refractivity contribution in [1.29, 1.82) is 0 Å². The third-order valence-electron chi connectivity index (χ3n) is 4.96. The number of halogens is 1. The van der Waals surface area contributed by atoms with Crippen LogP contribution in [0.15, 0.2) is 66.7 Å². The first-order valence-electron chi connectivity index (χ1n) is 9.57. The van der Waals surface area contributed by atoms with Crippen LogP contribution in [0.3, 0.4) is 0 Å². The number of nitrogens with one attached hydrogen (secondary N) is 1. The number of carbonyl (C=O) groups is 1. The highest BCUT2D eigenvalue weighted by molar-refractivity contribution is 5.94. The number of ether oxygens (including phenoxy) is 2. The third kappa shape index (κ3) is 4.74. The van der Waals surface area contributed by atoms with E-state index in [1.165, 1.54) is 12.1 Å². The second-order valence-electron chi connectivity index (χ2n) is 7.26. The van der Waals surface area contributed by atoms with Gasteiger partial charge in [0.1, 0.15) is 5.82 Å². The zero-order chi connectivity index (χ0) is 20.2. The Labute approximate surface area is 169 Å². The molecular formula is C24H22FNO3. The fraction of sp³-hybridized carbons (Fsp3) is 0.208. The topological polar surface area (TPSA) is 47.6 Å². The number of amides is 1. The molecule has 4 nitrogen and oxygen atoms in total. The van der Waals surface area contributed by atoms with Gasteiger partial charge < -0.3 is 14.8 Å². The Morgan fingerprint density at radius 2 is 1.59 bits per heavy atom. The monoisotopic (exact) mass is 391 g/mol. The van der Waals surface area contributed by atoms with E-state index in [0.29, 0.717) is 24.2 Å². The molecule has 1 aliphatic heterocycles. The first-order valence-corrected chi connectivity index (χ1v) is 9.57. The molecule has 1 heterocycles. The Morgan fingerprint density at radius 3 is 2.34 bits per heavy atom. The van der Waals surface area contributed by atoms with E-state index in [0.717, 1.165) is 22.4 Å². The number of fused-ring (bicyclic) bond motifs is 1. The van der Waals surface area contributed by atoms with Gasteiger partial charge in [0.15, 0.2) is 11.5 Å². The number of aryl methyl sites for hydroxylation is 1. The van der Waals surface area contributed by atoms with Gasteiger partial charge in [-0.05, 0) is 67.3 Å². The lowest BCUT2D eigenvalue weighted by Gasteiger charge is -2.20. The van der Waals surface area contributed by atoms with Crippen molar-refractivity contribution in [3.05, 3.63) is 94.8 Å². The molecule has 5 heteroatoms. The zero-order valence-corrected chi connectivity index (χ0v) is 16.2. The van der Waals surface area contributed by atoms with E-state index in [4.69, 9.17) is 9.47 Å². The number of hydrogen-bond donors (Lipinski definition) is 1. The third-order valence-corrected chi connectivity index (χ3v) is 4.96. The van der Waals surface area contributed by atoms with Gasteiger partial charge in [-0.1, -0.05) is 35.9 Å². The van der Waals surface area contributed by atoms with E-state index in [-0.39, 0.29) is 24.6 Å². The standard InChI is InChI=1S/C24H22FNO3/c1-16-2-7-19(8-3-16)24(27)26-21(12-17-4-9-20(25)10-5-17)13-18-6-11-22-23(14-18)29-15-28-22/h2-11,14,21H,12-13,15H2,1H3,(H,26,27). The van der Waals surface area contributed by atoms with Crippen LogP contribution in [-0.4, -0.2) is 18.7 Å². The molecule has 1 atom stereocenters. The van der Waals surface area contributed by atoms with E-state index in [9.17, 15) is 9.18 Å². The van der Waals surface area contributed by atoms with Gasteiger partial charge >= 0.3 is 0 Å². The van der Waals surface area contributed by atoms with Crippen LogP contribution in [0, 0.1) is 12.7 Å². The highest BCUT2D eigenvalue weighted by Gasteiger charge is 2.18. The minimum absolute atomic E-state index is 0.127. The van der Waals surface area contributed by atoms with E-state index >= 15 is 0 Å². The lowest BCUT2D eigenvalue weighted by molar-refractivity contribution is 0.0936. The van der Waals surface area contributed by atoms with Crippen molar-refractivity contribution < 1.29 is 18.7 Å². The highest BCUT2D eigenvalue weighted by Crippen LogP contribution is 2.33. The van der Waals surface area contributed by atoms with Crippen molar-refractivity contribution in [2.75, 3.05) is 6.79 Å². The van der Waals surface area contributed by atoms with Crippen LogP contribution in [-0.2, 0) is 12.8 Å². The average molecular weight is 391 g/mol. The van der Waals surface area contributed by atoms with Crippen molar-refractivity contribution in [2.45, 2.75) is 25.8 Å². The molecule has 3 aromatic carbocycles.